The van der Waals surface area contributed by atoms with Gasteiger partial charge in [-0.2, -0.15) is 0 Å². The van der Waals surface area contributed by atoms with Crippen molar-refractivity contribution in [1.82, 2.24) is 20.0 Å². The molecule has 5 heteroatoms. The van der Waals surface area contributed by atoms with Gasteiger partial charge in [-0.1, -0.05) is 6.92 Å². The molecule has 2 fully saturated rings. The van der Waals surface area contributed by atoms with Crippen LogP contribution in [0.3, 0.4) is 0 Å². The number of piperidine rings is 1. The second kappa shape index (κ2) is 9.60. The SMILES string of the molecule is CCC(CCNC)C(=O)N1CCN(CC2CCN(C)CC2)CC1. The van der Waals surface area contributed by atoms with E-state index in [1.807, 2.05) is 7.05 Å². The van der Waals surface area contributed by atoms with Crippen molar-refractivity contribution in [3.63, 3.8) is 0 Å². The van der Waals surface area contributed by atoms with E-state index >= 15 is 0 Å². The molecule has 2 saturated heterocycles. The molecule has 0 saturated carbocycles. The highest BCUT2D eigenvalue weighted by Crippen LogP contribution is 2.19. The van der Waals surface area contributed by atoms with Gasteiger partial charge in [0.15, 0.2) is 0 Å². The van der Waals surface area contributed by atoms with Gasteiger partial charge in [0.25, 0.3) is 0 Å². The molecule has 5 nitrogen and oxygen atoms in total. The summed E-state index contributed by atoms with van der Waals surface area (Å²) in [5.41, 5.74) is 0. The fourth-order valence-corrected chi connectivity index (χ4v) is 3.84. The van der Waals surface area contributed by atoms with Crippen LogP contribution in [0.15, 0.2) is 0 Å². The Morgan fingerprint density at radius 3 is 2.35 bits per heavy atom. The number of rotatable bonds is 7. The quantitative estimate of drug-likeness (QED) is 0.761. The van der Waals surface area contributed by atoms with Crippen LogP contribution in [0.1, 0.15) is 32.6 Å². The molecule has 0 radical (unpaired) electrons. The molecule has 0 aliphatic carbocycles. The van der Waals surface area contributed by atoms with Gasteiger partial charge >= 0.3 is 0 Å². The molecule has 2 rings (SSSR count). The maximum absolute atomic E-state index is 12.6. The summed E-state index contributed by atoms with van der Waals surface area (Å²) in [6, 6.07) is 0. The molecule has 0 aromatic heterocycles. The minimum atomic E-state index is 0.197. The van der Waals surface area contributed by atoms with E-state index in [1.165, 1.54) is 32.5 Å². The topological polar surface area (TPSA) is 38.8 Å². The van der Waals surface area contributed by atoms with Gasteiger partial charge in [-0.15, -0.1) is 0 Å². The predicted octanol–water partition coefficient (Wildman–Crippen LogP) is 1.11. The zero-order valence-corrected chi connectivity index (χ0v) is 15.4. The highest BCUT2D eigenvalue weighted by molar-refractivity contribution is 5.78. The third-order valence-electron chi connectivity index (χ3n) is 5.62. The number of hydrogen-bond donors (Lipinski definition) is 1. The Morgan fingerprint density at radius 2 is 1.78 bits per heavy atom. The lowest BCUT2D eigenvalue weighted by Crippen LogP contribution is -2.51. The summed E-state index contributed by atoms with van der Waals surface area (Å²) in [4.78, 5) is 19.8. The van der Waals surface area contributed by atoms with E-state index in [2.05, 4.69) is 34.0 Å². The third kappa shape index (κ3) is 5.73. The van der Waals surface area contributed by atoms with E-state index in [-0.39, 0.29) is 5.92 Å². The van der Waals surface area contributed by atoms with E-state index in [9.17, 15) is 4.79 Å². The molecule has 1 atom stereocenters. The second-order valence-corrected chi connectivity index (χ2v) is 7.37. The molecule has 0 spiro atoms. The first-order valence-electron chi connectivity index (χ1n) is 9.48. The van der Waals surface area contributed by atoms with Crippen LogP contribution >= 0.6 is 0 Å². The minimum absolute atomic E-state index is 0.197. The molecule has 1 unspecified atom stereocenters. The Balaban J connectivity index is 1.71. The van der Waals surface area contributed by atoms with Crippen molar-refractivity contribution in [2.24, 2.45) is 11.8 Å². The summed E-state index contributed by atoms with van der Waals surface area (Å²) in [6.45, 7) is 10.7. The highest BCUT2D eigenvalue weighted by Gasteiger charge is 2.27. The van der Waals surface area contributed by atoms with Crippen LogP contribution in [0.2, 0.25) is 0 Å². The van der Waals surface area contributed by atoms with Gasteiger partial charge in [-0.25, -0.2) is 0 Å². The molecular weight excluding hydrogens is 288 g/mol. The Labute approximate surface area is 142 Å². The van der Waals surface area contributed by atoms with Crippen LogP contribution in [0.5, 0.6) is 0 Å². The average Bonchev–Trinajstić information content (AvgIpc) is 2.58. The molecule has 134 valence electrons. The zero-order chi connectivity index (χ0) is 16.7. The molecule has 23 heavy (non-hydrogen) atoms. The normalized spacial score (nSPS) is 23.2. The first-order valence-corrected chi connectivity index (χ1v) is 9.48. The van der Waals surface area contributed by atoms with Crippen molar-refractivity contribution in [3.8, 4) is 0 Å². The fraction of sp³-hybridized carbons (Fsp3) is 0.944. The maximum atomic E-state index is 12.6. The number of piperazine rings is 1. The number of likely N-dealkylation sites (tertiary alicyclic amines) is 1. The number of carbonyl (C=O) groups excluding carboxylic acids is 1. The minimum Gasteiger partial charge on any atom is -0.340 e. The zero-order valence-electron chi connectivity index (χ0n) is 15.4. The van der Waals surface area contributed by atoms with Gasteiger partial charge in [0, 0.05) is 38.6 Å². The summed E-state index contributed by atoms with van der Waals surface area (Å²) >= 11 is 0. The van der Waals surface area contributed by atoms with Crippen LogP contribution < -0.4 is 5.32 Å². The molecule has 0 bridgehead atoms. The van der Waals surface area contributed by atoms with Gasteiger partial charge < -0.3 is 15.1 Å². The Hall–Kier alpha value is -0.650. The van der Waals surface area contributed by atoms with Crippen LogP contribution in [0, 0.1) is 11.8 Å². The van der Waals surface area contributed by atoms with E-state index in [0.29, 0.717) is 5.91 Å². The molecule has 0 aromatic carbocycles. The largest absolute Gasteiger partial charge is 0.340 e. The van der Waals surface area contributed by atoms with Gasteiger partial charge in [-0.3, -0.25) is 9.69 Å². The number of nitrogens with one attached hydrogen (secondary N) is 1. The van der Waals surface area contributed by atoms with Crippen LogP contribution in [-0.4, -0.2) is 87.1 Å². The van der Waals surface area contributed by atoms with E-state index in [4.69, 9.17) is 0 Å². The molecule has 2 aliphatic rings. The lowest BCUT2D eigenvalue weighted by atomic mass is 9.96. The molecule has 0 aromatic rings. The van der Waals surface area contributed by atoms with Crippen molar-refractivity contribution in [1.29, 1.82) is 0 Å². The predicted molar refractivity (Wildman–Crippen MR) is 95.6 cm³/mol. The summed E-state index contributed by atoms with van der Waals surface area (Å²) in [5.74, 6) is 1.43. The Kier molecular flexibility index (Phi) is 7.80. The monoisotopic (exact) mass is 324 g/mol. The molecule has 1 N–H and O–H groups in total. The number of carbonyl (C=O) groups is 1. The summed E-state index contributed by atoms with van der Waals surface area (Å²) in [7, 11) is 4.18. The van der Waals surface area contributed by atoms with Gasteiger partial charge in [-0.05, 0) is 65.3 Å². The lowest BCUT2D eigenvalue weighted by molar-refractivity contribution is -0.137. The summed E-state index contributed by atoms with van der Waals surface area (Å²) in [6.07, 6.45) is 4.58. The highest BCUT2D eigenvalue weighted by atomic mass is 16.2. The summed E-state index contributed by atoms with van der Waals surface area (Å²) in [5, 5.41) is 3.16. The molecular formula is C18H36N4O. The molecule has 1 amide bonds. The Morgan fingerprint density at radius 1 is 1.13 bits per heavy atom. The van der Waals surface area contributed by atoms with Crippen LogP contribution in [0.4, 0.5) is 0 Å². The average molecular weight is 325 g/mol. The van der Waals surface area contributed by atoms with Crippen molar-refractivity contribution < 1.29 is 4.79 Å². The first kappa shape index (κ1) is 18.7. The summed E-state index contributed by atoms with van der Waals surface area (Å²) < 4.78 is 0. The third-order valence-corrected chi connectivity index (χ3v) is 5.62. The standard InChI is InChI=1S/C18H36N4O/c1-4-17(5-8-19-2)18(23)22-13-11-21(12-14-22)15-16-6-9-20(3)10-7-16/h16-17,19H,4-15H2,1-3H3. The second-order valence-electron chi connectivity index (χ2n) is 7.37. The van der Waals surface area contributed by atoms with Crippen molar-refractivity contribution in [2.75, 3.05) is 66.5 Å². The lowest BCUT2D eigenvalue weighted by Gasteiger charge is -2.39. The maximum Gasteiger partial charge on any atom is 0.225 e. The molecule has 2 heterocycles. The fourth-order valence-electron chi connectivity index (χ4n) is 3.84. The van der Waals surface area contributed by atoms with E-state index in [0.717, 1.165) is 51.5 Å². The van der Waals surface area contributed by atoms with Crippen molar-refractivity contribution >= 4 is 5.91 Å². The first-order chi connectivity index (χ1) is 11.1. The van der Waals surface area contributed by atoms with Gasteiger partial charge in [0.2, 0.25) is 5.91 Å². The Bertz CT molecular complexity index is 347. The smallest absolute Gasteiger partial charge is 0.225 e. The van der Waals surface area contributed by atoms with Crippen molar-refractivity contribution in [2.45, 2.75) is 32.6 Å². The van der Waals surface area contributed by atoms with Crippen LogP contribution in [-0.2, 0) is 4.79 Å². The van der Waals surface area contributed by atoms with E-state index < -0.39 is 0 Å². The van der Waals surface area contributed by atoms with Crippen LogP contribution in [0.25, 0.3) is 0 Å². The van der Waals surface area contributed by atoms with Gasteiger partial charge in [0.1, 0.15) is 0 Å². The van der Waals surface area contributed by atoms with Crippen molar-refractivity contribution in [3.05, 3.63) is 0 Å². The molecule has 2 aliphatic heterocycles. The number of amides is 1. The number of hydrogen-bond acceptors (Lipinski definition) is 4. The van der Waals surface area contributed by atoms with E-state index in [1.54, 1.807) is 0 Å². The number of nitrogens with zero attached hydrogens (tertiary/aromatic N) is 3. The van der Waals surface area contributed by atoms with Gasteiger partial charge in [0.05, 0.1) is 0 Å².